The van der Waals surface area contributed by atoms with Gasteiger partial charge in [0.25, 0.3) is 0 Å². The first-order valence-corrected chi connectivity index (χ1v) is 2.18. The lowest BCUT2D eigenvalue weighted by atomic mass is 10.3. The standard InChI is InChI=1S/C4H8NO/c1-2-4-3-5-6-4/h5H,2-3H2,1H3. The van der Waals surface area contributed by atoms with Gasteiger partial charge in [-0.05, 0) is 6.42 Å². The Morgan fingerprint density at radius 2 is 2.67 bits per heavy atom. The van der Waals surface area contributed by atoms with Gasteiger partial charge in [0, 0.05) is 0 Å². The zero-order chi connectivity index (χ0) is 4.41. The van der Waals surface area contributed by atoms with Crippen LogP contribution in [0.15, 0.2) is 0 Å². The molecule has 1 heterocycles. The largest absolute Gasteiger partial charge is 0.290 e. The molecule has 35 valence electrons. The van der Waals surface area contributed by atoms with Crippen LogP contribution in [0.2, 0.25) is 0 Å². The van der Waals surface area contributed by atoms with Crippen LogP contribution in [0.25, 0.3) is 0 Å². The second-order valence-electron chi connectivity index (χ2n) is 1.32. The molecule has 0 unspecified atom stereocenters. The van der Waals surface area contributed by atoms with E-state index in [1.807, 2.05) is 0 Å². The monoisotopic (exact) mass is 86.1 g/mol. The predicted octanol–water partition coefficient (Wildman–Crippen LogP) is 0.463. The average Bonchev–Trinajstić information content (AvgIpc) is 1.31. The Morgan fingerprint density at radius 3 is 2.67 bits per heavy atom. The summed E-state index contributed by atoms with van der Waals surface area (Å²) in [6, 6.07) is 0. The van der Waals surface area contributed by atoms with Gasteiger partial charge in [0.05, 0.1) is 6.54 Å². The van der Waals surface area contributed by atoms with Gasteiger partial charge in [-0.1, -0.05) is 6.92 Å². The molecule has 0 saturated carbocycles. The van der Waals surface area contributed by atoms with Crippen molar-refractivity contribution in [3.63, 3.8) is 0 Å². The van der Waals surface area contributed by atoms with Crippen LogP contribution in [0.3, 0.4) is 0 Å². The minimum absolute atomic E-state index is 0.955. The van der Waals surface area contributed by atoms with Gasteiger partial charge in [0.2, 0.25) is 0 Å². The normalized spacial score (nSPS) is 23.5. The zero-order valence-electron chi connectivity index (χ0n) is 3.82. The van der Waals surface area contributed by atoms with Crippen LogP contribution in [0.4, 0.5) is 0 Å². The summed E-state index contributed by atoms with van der Waals surface area (Å²) in [6.45, 7) is 3.03. The van der Waals surface area contributed by atoms with Crippen molar-refractivity contribution in [2.24, 2.45) is 0 Å². The van der Waals surface area contributed by atoms with Crippen molar-refractivity contribution >= 4 is 0 Å². The van der Waals surface area contributed by atoms with Gasteiger partial charge in [-0.15, -0.1) is 0 Å². The number of nitrogens with one attached hydrogen (secondary N) is 1. The van der Waals surface area contributed by atoms with Crippen LogP contribution in [0.1, 0.15) is 13.3 Å². The molecule has 2 heteroatoms. The van der Waals surface area contributed by atoms with Gasteiger partial charge in [-0.3, -0.25) is 4.84 Å². The maximum Gasteiger partial charge on any atom is 0.136 e. The van der Waals surface area contributed by atoms with Gasteiger partial charge >= 0.3 is 0 Å². The average molecular weight is 86.1 g/mol. The lowest BCUT2D eigenvalue weighted by Gasteiger charge is -2.23. The third-order valence-corrected chi connectivity index (χ3v) is 0.880. The van der Waals surface area contributed by atoms with E-state index >= 15 is 0 Å². The van der Waals surface area contributed by atoms with Gasteiger partial charge in [-0.25, -0.2) is 0 Å². The summed E-state index contributed by atoms with van der Waals surface area (Å²) in [4.78, 5) is 4.75. The molecule has 1 rings (SSSR count). The molecule has 2 nitrogen and oxygen atoms in total. The Bertz CT molecular complexity index is 40.1. The molecule has 0 aromatic rings. The van der Waals surface area contributed by atoms with E-state index in [2.05, 4.69) is 12.4 Å². The third kappa shape index (κ3) is 0.533. The summed E-state index contributed by atoms with van der Waals surface area (Å²) in [5.41, 5.74) is 2.68. The summed E-state index contributed by atoms with van der Waals surface area (Å²) < 4.78 is 0. The number of hydrogen-bond donors (Lipinski definition) is 1. The van der Waals surface area contributed by atoms with E-state index in [0.717, 1.165) is 19.1 Å². The maximum absolute atomic E-state index is 4.75. The highest BCUT2D eigenvalue weighted by atomic mass is 16.7. The SMILES string of the molecule is CC[C]1CNO1. The first-order chi connectivity index (χ1) is 2.93. The van der Waals surface area contributed by atoms with E-state index < -0.39 is 0 Å². The molecular formula is C4H8NO. The molecule has 1 N–H and O–H groups in total. The zero-order valence-corrected chi connectivity index (χ0v) is 3.82. The van der Waals surface area contributed by atoms with E-state index in [0.29, 0.717) is 0 Å². The van der Waals surface area contributed by atoms with Crippen molar-refractivity contribution in [1.29, 1.82) is 0 Å². The van der Waals surface area contributed by atoms with E-state index in [-0.39, 0.29) is 0 Å². The van der Waals surface area contributed by atoms with E-state index in [4.69, 9.17) is 4.84 Å². The topological polar surface area (TPSA) is 21.3 Å². The number of hydrogen-bond acceptors (Lipinski definition) is 2. The fourth-order valence-corrected chi connectivity index (χ4v) is 0.371. The van der Waals surface area contributed by atoms with E-state index in [1.54, 1.807) is 0 Å². The first kappa shape index (κ1) is 4.09. The molecule has 0 aromatic carbocycles. The highest BCUT2D eigenvalue weighted by molar-refractivity contribution is 4.82. The summed E-state index contributed by atoms with van der Waals surface area (Å²) >= 11 is 0. The second-order valence-corrected chi connectivity index (χ2v) is 1.32. The van der Waals surface area contributed by atoms with Crippen LogP contribution in [-0.4, -0.2) is 6.54 Å². The predicted molar refractivity (Wildman–Crippen MR) is 22.6 cm³/mol. The highest BCUT2D eigenvalue weighted by Crippen LogP contribution is 2.10. The van der Waals surface area contributed by atoms with Crippen molar-refractivity contribution in [2.45, 2.75) is 13.3 Å². The van der Waals surface area contributed by atoms with Gasteiger partial charge in [0.1, 0.15) is 6.10 Å². The number of hydroxylamine groups is 1. The van der Waals surface area contributed by atoms with E-state index in [1.165, 1.54) is 0 Å². The molecule has 0 spiro atoms. The minimum Gasteiger partial charge on any atom is -0.290 e. The van der Waals surface area contributed by atoms with Gasteiger partial charge in [-0.2, -0.15) is 5.48 Å². The van der Waals surface area contributed by atoms with Crippen molar-refractivity contribution in [2.75, 3.05) is 6.54 Å². The van der Waals surface area contributed by atoms with Crippen molar-refractivity contribution in [1.82, 2.24) is 5.48 Å². The highest BCUT2D eigenvalue weighted by Gasteiger charge is 2.15. The van der Waals surface area contributed by atoms with Crippen LogP contribution >= 0.6 is 0 Å². The quantitative estimate of drug-likeness (QED) is 0.500. The molecule has 0 bridgehead atoms. The molecule has 0 atom stereocenters. The molecule has 0 aromatic heterocycles. The summed E-state index contributed by atoms with van der Waals surface area (Å²) in [5.74, 6) is 0. The fraction of sp³-hybridized carbons (Fsp3) is 0.750. The van der Waals surface area contributed by atoms with Crippen LogP contribution in [0, 0.1) is 6.10 Å². The van der Waals surface area contributed by atoms with Gasteiger partial charge < -0.3 is 0 Å². The van der Waals surface area contributed by atoms with Crippen LogP contribution in [0.5, 0.6) is 0 Å². The molecule has 0 aliphatic carbocycles. The molecule has 6 heavy (non-hydrogen) atoms. The Labute approximate surface area is 37.4 Å². The molecule has 1 radical (unpaired) electrons. The molecule has 0 amide bonds. The minimum atomic E-state index is 0.955. The maximum atomic E-state index is 4.75. The first-order valence-electron chi connectivity index (χ1n) is 2.18. The molecule has 1 fully saturated rings. The molecule has 1 saturated heterocycles. The van der Waals surface area contributed by atoms with Crippen LogP contribution in [-0.2, 0) is 4.84 Å². The smallest absolute Gasteiger partial charge is 0.136 e. The Hall–Kier alpha value is -0.0800. The molecule has 1 aliphatic heterocycles. The Balaban J connectivity index is 2.01. The Kier molecular flexibility index (Phi) is 1.08. The summed E-state index contributed by atoms with van der Waals surface area (Å²) in [7, 11) is 0. The third-order valence-electron chi connectivity index (χ3n) is 0.880. The van der Waals surface area contributed by atoms with Gasteiger partial charge in [0.15, 0.2) is 0 Å². The molecule has 1 aliphatic rings. The number of rotatable bonds is 1. The summed E-state index contributed by atoms with van der Waals surface area (Å²) in [6.07, 6.45) is 2.21. The second kappa shape index (κ2) is 1.58. The van der Waals surface area contributed by atoms with Crippen LogP contribution < -0.4 is 5.48 Å². The fourth-order valence-electron chi connectivity index (χ4n) is 0.371. The van der Waals surface area contributed by atoms with Crippen molar-refractivity contribution in [3.05, 3.63) is 6.10 Å². The van der Waals surface area contributed by atoms with Crippen molar-refractivity contribution in [3.8, 4) is 0 Å². The lowest BCUT2D eigenvalue weighted by Crippen LogP contribution is -2.36. The van der Waals surface area contributed by atoms with Crippen molar-refractivity contribution < 1.29 is 4.84 Å². The molecular weight excluding hydrogens is 78.0 g/mol. The lowest BCUT2D eigenvalue weighted by molar-refractivity contribution is -0.0441. The van der Waals surface area contributed by atoms with E-state index in [9.17, 15) is 0 Å². The summed E-state index contributed by atoms with van der Waals surface area (Å²) in [5, 5.41) is 0. The Morgan fingerprint density at radius 1 is 2.00 bits per heavy atom.